The summed E-state index contributed by atoms with van der Waals surface area (Å²) in [6.07, 6.45) is 4.29. The van der Waals surface area contributed by atoms with E-state index in [2.05, 4.69) is 12.2 Å². The summed E-state index contributed by atoms with van der Waals surface area (Å²) >= 11 is 5.95. The van der Waals surface area contributed by atoms with Gasteiger partial charge in [-0.15, -0.1) is 11.6 Å². The van der Waals surface area contributed by atoms with E-state index in [0.29, 0.717) is 5.92 Å². The third-order valence-corrected chi connectivity index (χ3v) is 3.47. The number of halogens is 1. The first-order valence-electron chi connectivity index (χ1n) is 5.57. The summed E-state index contributed by atoms with van der Waals surface area (Å²) < 4.78 is 0. The lowest BCUT2D eigenvalue weighted by Gasteiger charge is -2.12. The molecule has 1 N–H and O–H groups in total. The van der Waals surface area contributed by atoms with Crippen LogP contribution in [0, 0.1) is 11.8 Å². The van der Waals surface area contributed by atoms with Gasteiger partial charge >= 0.3 is 0 Å². The summed E-state index contributed by atoms with van der Waals surface area (Å²) in [5.74, 6) is 1.05. The second-order valence-electron chi connectivity index (χ2n) is 4.21. The molecule has 1 saturated carbocycles. The number of alkyl halides is 1. The first kappa shape index (κ1) is 11.8. The predicted molar refractivity (Wildman–Crippen MR) is 59.4 cm³/mol. The monoisotopic (exact) mass is 217 g/mol. The van der Waals surface area contributed by atoms with Crippen molar-refractivity contribution in [2.24, 2.45) is 11.8 Å². The van der Waals surface area contributed by atoms with Crippen molar-refractivity contribution in [3.05, 3.63) is 0 Å². The minimum atomic E-state index is 0.199. The maximum absolute atomic E-state index is 11.5. The van der Waals surface area contributed by atoms with Crippen molar-refractivity contribution in [2.45, 2.75) is 44.9 Å². The zero-order chi connectivity index (χ0) is 10.6. The van der Waals surface area contributed by atoms with E-state index in [4.69, 9.17) is 11.6 Å². The molecule has 82 valence electrons. The van der Waals surface area contributed by atoms with Gasteiger partial charge in [-0.25, -0.2) is 0 Å². The van der Waals surface area contributed by atoms with E-state index < -0.39 is 0 Å². The highest BCUT2D eigenvalue weighted by Crippen LogP contribution is 2.36. The fraction of sp³-hybridized carbons (Fsp3) is 0.909. The Kier molecular flexibility index (Phi) is 4.73. The molecule has 1 aliphatic carbocycles. The molecule has 0 heterocycles. The van der Waals surface area contributed by atoms with Crippen molar-refractivity contribution < 1.29 is 4.79 Å². The van der Waals surface area contributed by atoms with Gasteiger partial charge in [-0.05, 0) is 31.6 Å². The van der Waals surface area contributed by atoms with E-state index in [9.17, 15) is 4.79 Å². The van der Waals surface area contributed by atoms with E-state index in [-0.39, 0.29) is 17.2 Å². The van der Waals surface area contributed by atoms with Gasteiger partial charge in [-0.1, -0.05) is 13.8 Å². The third kappa shape index (κ3) is 3.87. The number of nitrogens with one attached hydrogen (secondary N) is 1. The molecule has 14 heavy (non-hydrogen) atoms. The van der Waals surface area contributed by atoms with Crippen LogP contribution in [0.5, 0.6) is 0 Å². The highest BCUT2D eigenvalue weighted by Gasteiger charge is 2.32. The Morgan fingerprint density at radius 2 is 2.21 bits per heavy atom. The van der Waals surface area contributed by atoms with Crippen molar-refractivity contribution in [1.82, 2.24) is 5.32 Å². The van der Waals surface area contributed by atoms with Crippen LogP contribution in [0.25, 0.3) is 0 Å². The first-order chi connectivity index (χ1) is 6.65. The van der Waals surface area contributed by atoms with Gasteiger partial charge in [0.2, 0.25) is 5.91 Å². The lowest BCUT2D eigenvalue weighted by molar-refractivity contribution is -0.125. The summed E-state index contributed by atoms with van der Waals surface area (Å²) in [5, 5.41) is 3.15. The lowest BCUT2D eigenvalue weighted by atomic mass is 10.1. The summed E-state index contributed by atoms with van der Waals surface area (Å²) in [7, 11) is 0. The van der Waals surface area contributed by atoms with E-state index in [0.717, 1.165) is 19.4 Å². The molecule has 2 atom stereocenters. The van der Waals surface area contributed by atoms with Crippen LogP contribution in [0.3, 0.4) is 0 Å². The van der Waals surface area contributed by atoms with E-state index >= 15 is 0 Å². The van der Waals surface area contributed by atoms with Crippen LogP contribution in [-0.4, -0.2) is 17.8 Å². The molecule has 0 aliphatic heterocycles. The molecular formula is C11H20ClNO. The molecule has 1 aliphatic rings. The Labute approximate surface area is 91.4 Å². The summed E-state index contributed by atoms with van der Waals surface area (Å²) in [5.41, 5.74) is 0. The zero-order valence-corrected chi connectivity index (χ0v) is 9.81. The molecule has 0 radical (unpaired) electrons. The molecule has 2 nitrogen and oxygen atoms in total. The van der Waals surface area contributed by atoms with Crippen molar-refractivity contribution in [3.8, 4) is 0 Å². The third-order valence-electron chi connectivity index (χ3n) is 2.94. The molecule has 0 aromatic heterocycles. The highest BCUT2D eigenvalue weighted by molar-refractivity contribution is 6.20. The standard InChI is InChI=1S/C11H20ClNO/c1-3-10(12)6-7-13-11(14)8(2)9-4-5-9/h8-10H,3-7H2,1-2H3,(H,13,14). The van der Waals surface area contributed by atoms with Gasteiger partial charge in [-0.2, -0.15) is 0 Å². The molecule has 0 bridgehead atoms. The van der Waals surface area contributed by atoms with Gasteiger partial charge in [0.05, 0.1) is 0 Å². The van der Waals surface area contributed by atoms with Crippen molar-refractivity contribution in [3.63, 3.8) is 0 Å². The number of carbonyl (C=O) groups excluding carboxylic acids is 1. The summed E-state index contributed by atoms with van der Waals surface area (Å²) in [6.45, 7) is 4.80. The number of hydrogen-bond acceptors (Lipinski definition) is 1. The second-order valence-corrected chi connectivity index (χ2v) is 4.83. The van der Waals surface area contributed by atoms with Gasteiger partial charge in [0, 0.05) is 17.8 Å². The van der Waals surface area contributed by atoms with Crippen LogP contribution >= 0.6 is 11.6 Å². The average Bonchev–Trinajstić information content (AvgIpc) is 2.99. The molecule has 2 unspecified atom stereocenters. The van der Waals surface area contributed by atoms with Crippen molar-refractivity contribution in [1.29, 1.82) is 0 Å². The fourth-order valence-corrected chi connectivity index (χ4v) is 1.64. The molecular weight excluding hydrogens is 198 g/mol. The Morgan fingerprint density at radius 1 is 1.57 bits per heavy atom. The number of hydrogen-bond donors (Lipinski definition) is 1. The van der Waals surface area contributed by atoms with Crippen molar-refractivity contribution >= 4 is 17.5 Å². The predicted octanol–water partition coefficient (Wildman–Crippen LogP) is 2.56. The molecule has 0 aromatic rings. The average molecular weight is 218 g/mol. The fourth-order valence-electron chi connectivity index (χ4n) is 1.53. The van der Waals surface area contributed by atoms with Crippen molar-refractivity contribution in [2.75, 3.05) is 6.54 Å². The quantitative estimate of drug-likeness (QED) is 0.681. The Hall–Kier alpha value is -0.240. The van der Waals surface area contributed by atoms with Gasteiger partial charge in [0.25, 0.3) is 0 Å². The Balaban J connectivity index is 2.08. The maximum atomic E-state index is 11.5. The topological polar surface area (TPSA) is 29.1 Å². The molecule has 0 saturated heterocycles. The molecule has 0 spiro atoms. The smallest absolute Gasteiger partial charge is 0.223 e. The lowest BCUT2D eigenvalue weighted by Crippen LogP contribution is -2.31. The highest BCUT2D eigenvalue weighted by atomic mass is 35.5. The second kappa shape index (κ2) is 5.59. The van der Waals surface area contributed by atoms with Crippen LogP contribution in [-0.2, 0) is 4.79 Å². The first-order valence-corrected chi connectivity index (χ1v) is 6.00. The summed E-state index contributed by atoms with van der Waals surface area (Å²) in [6, 6.07) is 0. The van der Waals surface area contributed by atoms with E-state index in [1.165, 1.54) is 12.8 Å². The van der Waals surface area contributed by atoms with Crippen LogP contribution in [0.2, 0.25) is 0 Å². The van der Waals surface area contributed by atoms with Gasteiger partial charge in [0.15, 0.2) is 0 Å². The van der Waals surface area contributed by atoms with Crippen LogP contribution in [0.15, 0.2) is 0 Å². The van der Waals surface area contributed by atoms with Crippen LogP contribution in [0.1, 0.15) is 39.5 Å². The van der Waals surface area contributed by atoms with Crippen LogP contribution in [0.4, 0.5) is 0 Å². The normalized spacial score (nSPS) is 20.2. The number of amides is 1. The van der Waals surface area contributed by atoms with E-state index in [1.54, 1.807) is 0 Å². The van der Waals surface area contributed by atoms with Gasteiger partial charge in [0.1, 0.15) is 0 Å². The molecule has 3 heteroatoms. The van der Waals surface area contributed by atoms with Gasteiger partial charge < -0.3 is 5.32 Å². The minimum absolute atomic E-state index is 0.199. The Morgan fingerprint density at radius 3 is 2.71 bits per heavy atom. The molecule has 1 rings (SSSR count). The zero-order valence-electron chi connectivity index (χ0n) is 9.05. The molecule has 1 fully saturated rings. The van der Waals surface area contributed by atoms with E-state index in [1.807, 2.05) is 6.92 Å². The Bertz CT molecular complexity index is 192. The molecule has 0 aromatic carbocycles. The molecule has 1 amide bonds. The van der Waals surface area contributed by atoms with Gasteiger partial charge in [-0.3, -0.25) is 4.79 Å². The largest absolute Gasteiger partial charge is 0.356 e. The SMILES string of the molecule is CCC(Cl)CCNC(=O)C(C)C1CC1. The number of carbonyl (C=O) groups is 1. The summed E-state index contributed by atoms with van der Waals surface area (Å²) in [4.78, 5) is 11.5. The minimum Gasteiger partial charge on any atom is -0.356 e. The van der Waals surface area contributed by atoms with Crippen LogP contribution < -0.4 is 5.32 Å². The maximum Gasteiger partial charge on any atom is 0.223 e. The number of rotatable bonds is 6.